The first-order valence-electron chi connectivity index (χ1n) is 10.1. The van der Waals surface area contributed by atoms with Crippen molar-refractivity contribution >= 4 is 45.5 Å². The monoisotopic (exact) mass is 456 g/mol. The largest absolute Gasteiger partial charge is 0.506 e. The van der Waals surface area contributed by atoms with Gasteiger partial charge in [-0.05, 0) is 49.4 Å². The highest BCUT2D eigenvalue weighted by molar-refractivity contribution is 6.54. The van der Waals surface area contributed by atoms with Crippen molar-refractivity contribution in [1.29, 1.82) is 0 Å². The van der Waals surface area contributed by atoms with Crippen LogP contribution in [0, 0.1) is 0 Å². The topological polar surface area (TPSA) is 96.0 Å². The molecule has 1 amide bonds. The molecule has 0 fully saturated rings. The molecule has 0 atom stereocenters. The Morgan fingerprint density at radius 2 is 1.73 bits per heavy atom. The number of fused-ring (bicyclic) bond motifs is 2. The maximum atomic E-state index is 13.5. The van der Waals surface area contributed by atoms with Gasteiger partial charge in [-0.15, -0.1) is 5.10 Å². The minimum atomic E-state index is -0.443. The minimum absolute atomic E-state index is 0.0108. The zero-order valence-corrected chi connectivity index (χ0v) is 18.2. The Morgan fingerprint density at radius 3 is 2.52 bits per heavy atom. The van der Waals surface area contributed by atoms with E-state index in [2.05, 4.69) is 15.5 Å². The number of aromatic nitrogens is 1. The molecule has 1 aliphatic heterocycles. The SMILES string of the molecule is C/C(=N\N=C1/C(=O)Nc2cc(Cl)ccc21)c1c(O)c2ccccc2n(-c2ccccc2)c1=O. The Hall–Kier alpha value is -4.23. The molecule has 8 heteroatoms. The van der Waals surface area contributed by atoms with Crippen LogP contribution in [0.2, 0.25) is 5.02 Å². The maximum Gasteiger partial charge on any atom is 0.276 e. The lowest BCUT2D eigenvalue weighted by molar-refractivity contribution is -0.110. The zero-order valence-electron chi connectivity index (χ0n) is 17.4. The Labute approximate surface area is 193 Å². The molecule has 7 nitrogen and oxygen atoms in total. The van der Waals surface area contributed by atoms with Crippen LogP contribution in [0.25, 0.3) is 16.6 Å². The van der Waals surface area contributed by atoms with Crippen molar-refractivity contribution < 1.29 is 9.90 Å². The van der Waals surface area contributed by atoms with Gasteiger partial charge < -0.3 is 10.4 Å². The van der Waals surface area contributed by atoms with Gasteiger partial charge in [0.15, 0.2) is 5.71 Å². The highest BCUT2D eigenvalue weighted by Gasteiger charge is 2.26. The number of pyridine rings is 1. The second kappa shape index (κ2) is 8.03. The van der Waals surface area contributed by atoms with Gasteiger partial charge in [-0.2, -0.15) is 5.10 Å². The van der Waals surface area contributed by atoms with Crippen molar-refractivity contribution in [2.75, 3.05) is 5.32 Å². The molecule has 162 valence electrons. The Morgan fingerprint density at radius 1 is 1.00 bits per heavy atom. The lowest BCUT2D eigenvalue weighted by atomic mass is 10.1. The van der Waals surface area contributed by atoms with Crippen LogP contribution in [-0.4, -0.2) is 27.0 Å². The fourth-order valence-electron chi connectivity index (χ4n) is 3.89. The zero-order chi connectivity index (χ0) is 23.1. The average molecular weight is 457 g/mol. The molecule has 3 aromatic carbocycles. The van der Waals surface area contributed by atoms with E-state index >= 15 is 0 Å². The fourth-order valence-corrected chi connectivity index (χ4v) is 4.06. The third-order valence-corrected chi connectivity index (χ3v) is 5.67. The van der Waals surface area contributed by atoms with Gasteiger partial charge in [0.2, 0.25) is 0 Å². The second-order valence-corrected chi connectivity index (χ2v) is 7.93. The minimum Gasteiger partial charge on any atom is -0.506 e. The van der Waals surface area contributed by atoms with E-state index in [1.807, 2.05) is 30.3 Å². The number of para-hydroxylation sites is 2. The first kappa shape index (κ1) is 20.7. The molecule has 0 radical (unpaired) electrons. The van der Waals surface area contributed by atoms with E-state index < -0.39 is 11.5 Å². The number of carbonyl (C=O) groups is 1. The Balaban J connectivity index is 1.70. The third-order valence-electron chi connectivity index (χ3n) is 5.43. The summed E-state index contributed by atoms with van der Waals surface area (Å²) in [6.45, 7) is 1.57. The maximum absolute atomic E-state index is 13.5. The molecule has 5 rings (SSSR count). The molecule has 2 heterocycles. The van der Waals surface area contributed by atoms with Crippen molar-refractivity contribution in [2.24, 2.45) is 10.2 Å². The third kappa shape index (κ3) is 3.48. The molecule has 2 N–H and O–H groups in total. The number of anilines is 1. The van der Waals surface area contributed by atoms with Crippen molar-refractivity contribution in [3.05, 3.63) is 99.3 Å². The van der Waals surface area contributed by atoms with Crippen LogP contribution >= 0.6 is 11.6 Å². The molecule has 33 heavy (non-hydrogen) atoms. The van der Waals surface area contributed by atoms with E-state index in [-0.39, 0.29) is 22.7 Å². The number of carbonyl (C=O) groups excluding carboxylic acids is 1. The van der Waals surface area contributed by atoms with Crippen molar-refractivity contribution in [3.63, 3.8) is 0 Å². The van der Waals surface area contributed by atoms with Crippen LogP contribution in [0.5, 0.6) is 5.75 Å². The summed E-state index contributed by atoms with van der Waals surface area (Å²) in [5.41, 5.74) is 2.17. The van der Waals surface area contributed by atoms with Gasteiger partial charge in [0, 0.05) is 21.7 Å². The molecule has 0 saturated heterocycles. The molecule has 1 aromatic heterocycles. The second-order valence-electron chi connectivity index (χ2n) is 7.49. The van der Waals surface area contributed by atoms with Crippen LogP contribution in [0.15, 0.2) is 87.8 Å². The van der Waals surface area contributed by atoms with E-state index in [1.165, 1.54) is 4.57 Å². The number of hydrogen-bond donors (Lipinski definition) is 2. The van der Waals surface area contributed by atoms with Gasteiger partial charge in [0.25, 0.3) is 11.5 Å². The quantitative estimate of drug-likeness (QED) is 0.350. The van der Waals surface area contributed by atoms with E-state index in [1.54, 1.807) is 49.4 Å². The van der Waals surface area contributed by atoms with Crippen molar-refractivity contribution in [3.8, 4) is 11.4 Å². The van der Waals surface area contributed by atoms with Crippen LogP contribution in [0.1, 0.15) is 18.1 Å². The first-order chi connectivity index (χ1) is 16.0. The number of nitrogens with zero attached hydrogens (tertiary/aromatic N) is 3. The predicted octanol–water partition coefficient (Wildman–Crippen LogP) is 4.52. The number of benzene rings is 3. The standard InChI is InChI=1S/C25H17ClN4O3/c1-14(28-29-22-17-12-11-15(26)13-19(17)27-24(22)32)21-23(31)18-9-5-6-10-20(18)30(25(21)33)16-7-3-2-4-8-16/h2-13,31H,1H3,(H,27,29,32)/b28-14+. The normalized spacial score (nSPS) is 14.5. The Kier molecular flexibility index (Phi) is 5.03. The van der Waals surface area contributed by atoms with Gasteiger partial charge in [-0.3, -0.25) is 14.2 Å². The van der Waals surface area contributed by atoms with Crippen LogP contribution in [0.3, 0.4) is 0 Å². The van der Waals surface area contributed by atoms with Gasteiger partial charge in [0.05, 0.1) is 16.9 Å². The van der Waals surface area contributed by atoms with Crippen LogP contribution < -0.4 is 10.9 Å². The molecular formula is C25H17ClN4O3. The van der Waals surface area contributed by atoms with E-state index in [0.717, 1.165) is 0 Å². The molecule has 0 spiro atoms. The number of nitrogens with one attached hydrogen (secondary N) is 1. The van der Waals surface area contributed by atoms with Crippen LogP contribution in [0.4, 0.5) is 5.69 Å². The summed E-state index contributed by atoms with van der Waals surface area (Å²) >= 11 is 5.99. The van der Waals surface area contributed by atoms with E-state index in [4.69, 9.17) is 11.6 Å². The summed E-state index contributed by atoms with van der Waals surface area (Å²) in [6, 6.07) is 21.2. The lowest BCUT2D eigenvalue weighted by Crippen LogP contribution is -2.25. The summed E-state index contributed by atoms with van der Waals surface area (Å²) in [6.07, 6.45) is 0. The summed E-state index contributed by atoms with van der Waals surface area (Å²) in [4.78, 5) is 25.9. The highest BCUT2D eigenvalue weighted by Crippen LogP contribution is 2.29. The number of halogens is 1. The van der Waals surface area contributed by atoms with Crippen molar-refractivity contribution in [2.45, 2.75) is 6.92 Å². The van der Waals surface area contributed by atoms with Gasteiger partial charge >= 0.3 is 0 Å². The van der Waals surface area contributed by atoms with E-state index in [0.29, 0.717) is 32.9 Å². The Bertz CT molecular complexity index is 1560. The molecule has 0 bridgehead atoms. The van der Waals surface area contributed by atoms with Crippen molar-refractivity contribution in [1.82, 2.24) is 4.57 Å². The molecule has 4 aromatic rings. The number of aromatic hydroxyl groups is 1. The molecule has 0 unspecified atom stereocenters. The van der Waals surface area contributed by atoms with Gasteiger partial charge in [0.1, 0.15) is 11.3 Å². The van der Waals surface area contributed by atoms with Gasteiger partial charge in [-0.25, -0.2) is 0 Å². The lowest BCUT2D eigenvalue weighted by Gasteiger charge is -2.14. The fraction of sp³-hybridized carbons (Fsp3) is 0.0400. The highest BCUT2D eigenvalue weighted by atomic mass is 35.5. The summed E-state index contributed by atoms with van der Waals surface area (Å²) < 4.78 is 1.52. The smallest absolute Gasteiger partial charge is 0.276 e. The molecule has 0 aliphatic carbocycles. The summed E-state index contributed by atoms with van der Waals surface area (Å²) in [5.74, 6) is -0.611. The number of hydrogen-bond acceptors (Lipinski definition) is 5. The molecule has 0 saturated carbocycles. The molecule has 1 aliphatic rings. The number of rotatable bonds is 3. The van der Waals surface area contributed by atoms with Crippen LogP contribution in [-0.2, 0) is 4.79 Å². The van der Waals surface area contributed by atoms with E-state index in [9.17, 15) is 14.7 Å². The summed E-state index contributed by atoms with van der Waals surface area (Å²) in [5, 5.41) is 22.9. The first-order valence-corrected chi connectivity index (χ1v) is 10.5. The summed E-state index contributed by atoms with van der Waals surface area (Å²) in [7, 11) is 0. The van der Waals surface area contributed by atoms with Gasteiger partial charge in [-0.1, -0.05) is 41.9 Å². The number of amides is 1. The molecular weight excluding hydrogens is 440 g/mol. The average Bonchev–Trinajstić information content (AvgIpc) is 3.12. The predicted molar refractivity (Wildman–Crippen MR) is 130 cm³/mol.